The first-order chi connectivity index (χ1) is 19.2. The molecular weight excluding hydrogens is 493 g/mol. The first kappa shape index (κ1) is 23.5. The highest BCUT2D eigenvalue weighted by Crippen LogP contribution is 2.32. The summed E-state index contributed by atoms with van der Waals surface area (Å²) >= 11 is 0. The molecule has 8 nitrogen and oxygen atoms in total. The van der Waals surface area contributed by atoms with E-state index in [-0.39, 0.29) is 5.82 Å². The van der Waals surface area contributed by atoms with Gasteiger partial charge in [-0.15, -0.1) is 0 Å². The van der Waals surface area contributed by atoms with E-state index >= 15 is 0 Å². The van der Waals surface area contributed by atoms with Crippen molar-refractivity contribution >= 4 is 22.1 Å². The maximum absolute atomic E-state index is 13.9. The number of nitrogens with one attached hydrogen (secondary N) is 2. The highest BCUT2D eigenvalue weighted by atomic mass is 19.1. The van der Waals surface area contributed by atoms with Gasteiger partial charge >= 0.3 is 0 Å². The number of imidazole rings is 1. The van der Waals surface area contributed by atoms with Gasteiger partial charge in [0.05, 0.1) is 28.4 Å². The summed E-state index contributed by atoms with van der Waals surface area (Å²) in [6.07, 6.45) is 6.06. The van der Waals surface area contributed by atoms with Crippen molar-refractivity contribution in [1.29, 1.82) is 0 Å². The minimum absolute atomic E-state index is 0.286. The van der Waals surface area contributed by atoms with Gasteiger partial charge in [-0.2, -0.15) is 5.10 Å². The minimum Gasteiger partial charge on any atom is -0.491 e. The van der Waals surface area contributed by atoms with E-state index in [0.29, 0.717) is 23.6 Å². The molecule has 1 aliphatic rings. The van der Waals surface area contributed by atoms with Crippen LogP contribution in [0.3, 0.4) is 0 Å². The molecule has 1 aliphatic heterocycles. The number of para-hydroxylation sites is 1. The van der Waals surface area contributed by atoms with E-state index in [1.54, 1.807) is 18.5 Å². The average Bonchev–Trinajstić information content (AvgIpc) is 3.72. The van der Waals surface area contributed by atoms with E-state index in [0.717, 1.165) is 64.3 Å². The second-order valence-corrected chi connectivity index (χ2v) is 9.77. The number of fused-ring (bicyclic) bond motifs is 2. The molecule has 7 rings (SSSR count). The molecule has 0 saturated carbocycles. The fourth-order valence-corrected chi connectivity index (χ4v) is 5.19. The van der Waals surface area contributed by atoms with Crippen molar-refractivity contribution in [3.8, 4) is 39.7 Å². The van der Waals surface area contributed by atoms with E-state index in [9.17, 15) is 4.39 Å². The van der Waals surface area contributed by atoms with Crippen LogP contribution in [0.1, 0.15) is 12.8 Å². The number of hydrogen-bond donors (Lipinski definition) is 2. The molecule has 0 spiro atoms. The Balaban J connectivity index is 1.20. The molecule has 0 bridgehead atoms. The smallest absolute Gasteiger partial charge is 0.161 e. The van der Waals surface area contributed by atoms with Crippen LogP contribution in [-0.2, 0) is 0 Å². The summed E-state index contributed by atoms with van der Waals surface area (Å²) in [5, 5.41) is 7.58. The highest BCUT2D eigenvalue weighted by molar-refractivity contribution is 5.96. The Bertz CT molecular complexity index is 1790. The number of halogens is 1. The number of ether oxygens (including phenoxy) is 1. The molecule has 5 heterocycles. The number of nitrogens with zero attached hydrogens (tertiary/aromatic N) is 5. The summed E-state index contributed by atoms with van der Waals surface area (Å²) in [6, 6.07) is 18.2. The second kappa shape index (κ2) is 9.92. The molecule has 39 heavy (non-hydrogen) atoms. The maximum Gasteiger partial charge on any atom is 0.161 e. The van der Waals surface area contributed by atoms with Gasteiger partial charge in [-0.1, -0.05) is 24.3 Å². The van der Waals surface area contributed by atoms with Crippen molar-refractivity contribution in [3.05, 3.63) is 78.9 Å². The van der Waals surface area contributed by atoms with Gasteiger partial charge in [-0.05, 0) is 67.9 Å². The van der Waals surface area contributed by atoms with Crippen LogP contribution in [0.4, 0.5) is 4.39 Å². The number of H-pyrrole nitrogens is 2. The number of likely N-dealkylation sites (tertiary alicyclic amines) is 1. The molecule has 0 radical (unpaired) electrons. The molecule has 0 unspecified atom stereocenters. The summed E-state index contributed by atoms with van der Waals surface area (Å²) in [7, 11) is 0. The topological polar surface area (TPSA) is 95.6 Å². The number of hydrogen-bond acceptors (Lipinski definition) is 6. The first-order valence-electron chi connectivity index (χ1n) is 13.1. The lowest BCUT2D eigenvalue weighted by Crippen LogP contribution is -2.25. The summed E-state index contributed by atoms with van der Waals surface area (Å²) < 4.78 is 19.9. The van der Waals surface area contributed by atoms with Gasteiger partial charge in [0.15, 0.2) is 11.5 Å². The lowest BCUT2D eigenvalue weighted by atomic mass is 10.0. The van der Waals surface area contributed by atoms with Crippen LogP contribution in [-0.4, -0.2) is 61.3 Å². The van der Waals surface area contributed by atoms with Gasteiger partial charge in [0.25, 0.3) is 0 Å². The Labute approximate surface area is 223 Å². The van der Waals surface area contributed by atoms with Crippen molar-refractivity contribution < 1.29 is 9.13 Å². The Morgan fingerprint density at radius 3 is 2.67 bits per heavy atom. The molecule has 2 N–H and O–H groups in total. The van der Waals surface area contributed by atoms with Crippen LogP contribution in [0.2, 0.25) is 0 Å². The fourth-order valence-electron chi connectivity index (χ4n) is 5.19. The van der Waals surface area contributed by atoms with Crippen LogP contribution in [0.5, 0.6) is 5.75 Å². The Kier molecular flexibility index (Phi) is 5.97. The lowest BCUT2D eigenvalue weighted by Gasteiger charge is -2.15. The largest absolute Gasteiger partial charge is 0.491 e. The van der Waals surface area contributed by atoms with Crippen LogP contribution in [0.25, 0.3) is 56.0 Å². The molecule has 1 fully saturated rings. The summed E-state index contributed by atoms with van der Waals surface area (Å²) in [5.74, 6) is 1.02. The van der Waals surface area contributed by atoms with Gasteiger partial charge < -0.3 is 9.72 Å². The van der Waals surface area contributed by atoms with Crippen LogP contribution in [0, 0.1) is 5.82 Å². The van der Waals surface area contributed by atoms with E-state index in [2.05, 4.69) is 25.1 Å². The van der Waals surface area contributed by atoms with Crippen molar-refractivity contribution in [3.63, 3.8) is 0 Å². The third-order valence-corrected chi connectivity index (χ3v) is 7.16. The predicted molar refractivity (Wildman–Crippen MR) is 149 cm³/mol. The summed E-state index contributed by atoms with van der Waals surface area (Å²) in [6.45, 7) is 3.85. The van der Waals surface area contributed by atoms with Crippen molar-refractivity contribution in [1.82, 2.24) is 35.0 Å². The molecule has 0 amide bonds. The molecule has 0 atom stereocenters. The third-order valence-electron chi connectivity index (χ3n) is 7.16. The van der Waals surface area contributed by atoms with E-state index in [1.165, 1.54) is 25.0 Å². The monoisotopic (exact) mass is 519 g/mol. The number of benzene rings is 2. The zero-order valence-electron chi connectivity index (χ0n) is 21.2. The van der Waals surface area contributed by atoms with Gasteiger partial charge in [0, 0.05) is 23.9 Å². The average molecular weight is 520 g/mol. The number of aromatic nitrogens is 6. The van der Waals surface area contributed by atoms with Crippen LogP contribution < -0.4 is 4.74 Å². The van der Waals surface area contributed by atoms with E-state index < -0.39 is 0 Å². The second-order valence-electron chi connectivity index (χ2n) is 9.77. The predicted octanol–water partition coefficient (Wildman–Crippen LogP) is 5.84. The minimum atomic E-state index is -0.286. The van der Waals surface area contributed by atoms with E-state index in [1.807, 2.05) is 42.5 Å². The summed E-state index contributed by atoms with van der Waals surface area (Å²) in [5.41, 5.74) is 6.91. The molecule has 4 aromatic heterocycles. The van der Waals surface area contributed by atoms with Gasteiger partial charge in [0.2, 0.25) is 0 Å². The fraction of sp³-hybridized carbons (Fsp3) is 0.200. The van der Waals surface area contributed by atoms with Crippen molar-refractivity contribution in [2.75, 3.05) is 26.2 Å². The van der Waals surface area contributed by atoms with Crippen LogP contribution in [0.15, 0.2) is 73.1 Å². The normalized spacial score (nSPS) is 14.0. The molecular formula is C30H26FN7O. The van der Waals surface area contributed by atoms with Crippen molar-refractivity contribution in [2.45, 2.75) is 12.8 Å². The molecule has 9 heteroatoms. The Morgan fingerprint density at radius 1 is 0.872 bits per heavy atom. The first-order valence-corrected chi connectivity index (χ1v) is 13.1. The van der Waals surface area contributed by atoms with Gasteiger partial charge in [-0.25, -0.2) is 14.4 Å². The van der Waals surface area contributed by atoms with E-state index in [4.69, 9.17) is 14.7 Å². The summed E-state index contributed by atoms with van der Waals surface area (Å²) in [4.78, 5) is 20.0. The maximum atomic E-state index is 13.9. The van der Waals surface area contributed by atoms with Crippen molar-refractivity contribution in [2.24, 2.45) is 0 Å². The molecule has 194 valence electrons. The Morgan fingerprint density at radius 2 is 1.77 bits per heavy atom. The molecule has 2 aromatic carbocycles. The number of rotatable bonds is 7. The zero-order valence-corrected chi connectivity index (χ0v) is 21.2. The third kappa shape index (κ3) is 4.61. The zero-order chi connectivity index (χ0) is 26.2. The molecule has 0 aliphatic carbocycles. The molecule has 6 aromatic rings. The number of pyridine rings is 2. The standard InChI is InChI=1S/C30H26FN7O/c31-21-6-3-5-19(15-21)23-7-4-8-25-27(23)35-30(34-25)29-28-26(36-37-29)10-9-24(33-28)20-16-22(18-32-17-20)39-14-13-38-11-1-2-12-38/h3-10,15-18H,1-2,11-14H2,(H,34,35)(H,36,37). The quantitative estimate of drug-likeness (QED) is 0.275. The SMILES string of the molecule is Fc1cccc(-c2cccc3[nH]c(-c4n[nH]c5ccc(-c6cncc(OCCN7CCCC7)c6)nc45)nc23)c1. The number of aromatic amines is 2. The highest BCUT2D eigenvalue weighted by Gasteiger charge is 2.17. The van der Waals surface area contributed by atoms with Gasteiger partial charge in [0.1, 0.15) is 23.7 Å². The van der Waals surface area contributed by atoms with Gasteiger partial charge in [-0.3, -0.25) is 15.0 Å². The Hall–Kier alpha value is -4.63. The van der Waals surface area contributed by atoms with Crippen LogP contribution >= 0.6 is 0 Å². The lowest BCUT2D eigenvalue weighted by molar-refractivity contribution is 0.237. The molecule has 1 saturated heterocycles.